The maximum atomic E-state index is 12.3. The van der Waals surface area contributed by atoms with Gasteiger partial charge in [-0.3, -0.25) is 4.79 Å². The van der Waals surface area contributed by atoms with Gasteiger partial charge < -0.3 is 14.7 Å². The molecule has 5 nitrogen and oxygen atoms in total. The second kappa shape index (κ2) is 7.91. The molecular weight excluding hydrogens is 342 g/mol. The molecule has 0 bridgehead atoms. The van der Waals surface area contributed by atoms with Crippen molar-refractivity contribution in [3.63, 3.8) is 0 Å². The molecule has 0 radical (unpaired) electrons. The number of hydrogen-bond donors (Lipinski definition) is 1. The van der Waals surface area contributed by atoms with E-state index < -0.39 is 11.6 Å². The summed E-state index contributed by atoms with van der Waals surface area (Å²) in [5.74, 6) is 0.398. The third kappa shape index (κ3) is 5.02. The molecule has 148 valence electrons. The number of fused-ring (bicyclic) bond motifs is 1. The number of carboxylic acids is 1. The molecule has 27 heavy (non-hydrogen) atoms. The Hall–Kier alpha value is -2.04. The first-order chi connectivity index (χ1) is 12.7. The lowest BCUT2D eigenvalue weighted by Crippen LogP contribution is -2.43. The molecule has 1 aromatic rings. The average molecular weight is 373 g/mol. The van der Waals surface area contributed by atoms with Gasteiger partial charge in [-0.2, -0.15) is 0 Å². The SMILES string of the molecule is CC(C)(C)OC(=O)N1CCC(C2Cc3ccccc3C(CC(=O)O)C2)CC1. The number of rotatable bonds is 3. The smallest absolute Gasteiger partial charge is 0.410 e. The normalized spacial score (nSPS) is 23.6. The van der Waals surface area contributed by atoms with Crippen LogP contribution in [0.1, 0.15) is 63.5 Å². The van der Waals surface area contributed by atoms with Crippen LogP contribution in [-0.2, 0) is 16.0 Å². The van der Waals surface area contributed by atoms with Gasteiger partial charge in [-0.05, 0) is 75.3 Å². The number of amides is 1. The number of nitrogens with zero attached hydrogens (tertiary/aromatic N) is 1. The van der Waals surface area contributed by atoms with Crippen LogP contribution in [0.25, 0.3) is 0 Å². The van der Waals surface area contributed by atoms with Crippen molar-refractivity contribution in [2.75, 3.05) is 13.1 Å². The lowest BCUT2D eigenvalue weighted by molar-refractivity contribution is -0.137. The molecule has 2 aliphatic rings. The van der Waals surface area contributed by atoms with E-state index in [1.54, 1.807) is 0 Å². The summed E-state index contributed by atoms with van der Waals surface area (Å²) in [5, 5.41) is 9.32. The maximum Gasteiger partial charge on any atom is 0.410 e. The molecule has 1 heterocycles. The number of piperidine rings is 1. The molecule has 1 saturated heterocycles. The molecule has 2 unspecified atom stereocenters. The highest BCUT2D eigenvalue weighted by Gasteiger charge is 2.35. The average Bonchev–Trinajstić information content (AvgIpc) is 2.60. The molecule has 1 N–H and O–H groups in total. The summed E-state index contributed by atoms with van der Waals surface area (Å²) >= 11 is 0. The molecule has 1 fully saturated rings. The third-order valence-corrected chi connectivity index (χ3v) is 5.84. The minimum absolute atomic E-state index is 0.0985. The van der Waals surface area contributed by atoms with Crippen LogP contribution in [0.4, 0.5) is 4.79 Å². The van der Waals surface area contributed by atoms with Crippen molar-refractivity contribution in [2.45, 2.75) is 64.4 Å². The number of carbonyl (C=O) groups excluding carboxylic acids is 1. The van der Waals surface area contributed by atoms with Crippen LogP contribution >= 0.6 is 0 Å². The van der Waals surface area contributed by atoms with Crippen molar-refractivity contribution in [1.29, 1.82) is 0 Å². The Morgan fingerprint density at radius 1 is 1.15 bits per heavy atom. The number of likely N-dealkylation sites (tertiary alicyclic amines) is 1. The Kier molecular flexibility index (Phi) is 5.78. The quantitative estimate of drug-likeness (QED) is 0.850. The first-order valence-electron chi connectivity index (χ1n) is 10.0. The predicted octanol–water partition coefficient (Wildman–Crippen LogP) is 4.45. The molecule has 2 atom stereocenters. The van der Waals surface area contributed by atoms with Crippen LogP contribution in [0.2, 0.25) is 0 Å². The Morgan fingerprint density at radius 2 is 1.81 bits per heavy atom. The van der Waals surface area contributed by atoms with Crippen molar-refractivity contribution in [3.05, 3.63) is 35.4 Å². The molecule has 0 spiro atoms. The first kappa shape index (κ1) is 19.7. The summed E-state index contributed by atoms with van der Waals surface area (Å²) in [7, 11) is 0. The van der Waals surface area contributed by atoms with Gasteiger partial charge in [0.15, 0.2) is 0 Å². The third-order valence-electron chi connectivity index (χ3n) is 5.84. The van der Waals surface area contributed by atoms with E-state index in [2.05, 4.69) is 12.1 Å². The summed E-state index contributed by atoms with van der Waals surface area (Å²) in [5.41, 5.74) is 2.04. The van der Waals surface area contributed by atoms with E-state index in [0.29, 0.717) is 11.8 Å². The number of carbonyl (C=O) groups is 2. The largest absolute Gasteiger partial charge is 0.481 e. The zero-order chi connectivity index (χ0) is 19.6. The Bertz CT molecular complexity index is 686. The summed E-state index contributed by atoms with van der Waals surface area (Å²) < 4.78 is 5.49. The van der Waals surface area contributed by atoms with Crippen LogP contribution < -0.4 is 0 Å². The summed E-state index contributed by atoms with van der Waals surface area (Å²) in [6, 6.07) is 8.29. The fourth-order valence-corrected chi connectivity index (χ4v) is 4.62. The maximum absolute atomic E-state index is 12.3. The molecule has 3 rings (SSSR count). The van der Waals surface area contributed by atoms with Gasteiger partial charge in [0, 0.05) is 13.1 Å². The molecular formula is C22H31NO4. The van der Waals surface area contributed by atoms with Crippen LogP contribution in [0.5, 0.6) is 0 Å². The summed E-state index contributed by atoms with van der Waals surface area (Å²) in [4.78, 5) is 25.4. The predicted molar refractivity (Wildman–Crippen MR) is 104 cm³/mol. The zero-order valence-electron chi connectivity index (χ0n) is 16.6. The van der Waals surface area contributed by atoms with Crippen LogP contribution in [0, 0.1) is 11.8 Å². The highest BCUT2D eigenvalue weighted by molar-refractivity contribution is 5.68. The number of aliphatic carboxylic acids is 1. The topological polar surface area (TPSA) is 66.8 Å². The number of benzene rings is 1. The summed E-state index contributed by atoms with van der Waals surface area (Å²) in [6.45, 7) is 7.11. The highest BCUT2D eigenvalue weighted by atomic mass is 16.6. The van der Waals surface area contributed by atoms with E-state index >= 15 is 0 Å². The van der Waals surface area contributed by atoms with Crippen molar-refractivity contribution >= 4 is 12.1 Å². The second-order valence-electron chi connectivity index (χ2n) is 9.00. The Balaban J connectivity index is 1.63. The van der Waals surface area contributed by atoms with Crippen molar-refractivity contribution < 1.29 is 19.4 Å². The lowest BCUT2D eigenvalue weighted by atomic mass is 9.69. The molecule has 1 amide bonds. The Labute approximate surface area is 161 Å². The van der Waals surface area contributed by atoms with Crippen LogP contribution in [0.15, 0.2) is 24.3 Å². The Morgan fingerprint density at radius 3 is 2.44 bits per heavy atom. The molecule has 1 aromatic carbocycles. The fourth-order valence-electron chi connectivity index (χ4n) is 4.62. The number of ether oxygens (including phenoxy) is 1. The molecule has 5 heteroatoms. The van der Waals surface area contributed by atoms with Gasteiger partial charge in [0.1, 0.15) is 5.60 Å². The minimum Gasteiger partial charge on any atom is -0.481 e. The van der Waals surface area contributed by atoms with E-state index in [1.807, 2.05) is 37.8 Å². The van der Waals surface area contributed by atoms with Gasteiger partial charge in [-0.15, -0.1) is 0 Å². The van der Waals surface area contributed by atoms with E-state index in [9.17, 15) is 14.7 Å². The summed E-state index contributed by atoms with van der Waals surface area (Å²) in [6.07, 6.45) is 3.85. The number of carboxylic acid groups (broad SMARTS) is 1. The van der Waals surface area contributed by atoms with Gasteiger partial charge in [-0.25, -0.2) is 4.79 Å². The van der Waals surface area contributed by atoms with Gasteiger partial charge in [0.05, 0.1) is 6.42 Å². The van der Waals surface area contributed by atoms with E-state index in [4.69, 9.17) is 4.74 Å². The zero-order valence-corrected chi connectivity index (χ0v) is 16.6. The molecule has 1 aliphatic heterocycles. The lowest BCUT2D eigenvalue weighted by Gasteiger charge is -2.40. The van der Waals surface area contributed by atoms with E-state index in [1.165, 1.54) is 11.1 Å². The molecule has 1 aliphatic carbocycles. The van der Waals surface area contributed by atoms with Crippen molar-refractivity contribution in [2.24, 2.45) is 11.8 Å². The van der Waals surface area contributed by atoms with Gasteiger partial charge in [0.25, 0.3) is 0 Å². The molecule has 0 saturated carbocycles. The van der Waals surface area contributed by atoms with Crippen LogP contribution in [0.3, 0.4) is 0 Å². The van der Waals surface area contributed by atoms with Crippen molar-refractivity contribution in [1.82, 2.24) is 4.90 Å². The van der Waals surface area contributed by atoms with Gasteiger partial charge >= 0.3 is 12.1 Å². The monoisotopic (exact) mass is 373 g/mol. The fraction of sp³-hybridized carbons (Fsp3) is 0.636. The van der Waals surface area contributed by atoms with Gasteiger partial charge in [0.2, 0.25) is 0 Å². The van der Waals surface area contributed by atoms with Crippen molar-refractivity contribution in [3.8, 4) is 0 Å². The second-order valence-corrected chi connectivity index (χ2v) is 9.00. The van der Waals surface area contributed by atoms with Gasteiger partial charge in [-0.1, -0.05) is 24.3 Å². The van der Waals surface area contributed by atoms with E-state index in [0.717, 1.165) is 38.8 Å². The molecule has 0 aromatic heterocycles. The first-order valence-corrected chi connectivity index (χ1v) is 10.0. The minimum atomic E-state index is -0.727. The van der Waals surface area contributed by atoms with Crippen LogP contribution in [-0.4, -0.2) is 40.8 Å². The van der Waals surface area contributed by atoms with E-state index in [-0.39, 0.29) is 18.4 Å². The number of hydrogen-bond acceptors (Lipinski definition) is 3. The standard InChI is InChI=1S/C22H31NO4/c1-22(2,3)27-21(26)23-10-8-15(9-11-23)17-12-16-6-4-5-7-19(16)18(13-17)14-20(24)25/h4-7,15,17-18H,8-14H2,1-3H3,(H,24,25). The highest BCUT2D eigenvalue weighted by Crippen LogP contribution is 2.42.